The summed E-state index contributed by atoms with van der Waals surface area (Å²) in [5.41, 5.74) is 4.48. The Balaban J connectivity index is 1.50. The van der Waals surface area contributed by atoms with Gasteiger partial charge in [-0.2, -0.15) is 10.4 Å². The lowest BCUT2D eigenvalue weighted by Crippen LogP contribution is -2.26. The molecule has 0 bridgehead atoms. The molecule has 0 saturated carbocycles. The number of nitriles is 1. The quantitative estimate of drug-likeness (QED) is 0.472. The number of sulfone groups is 1. The molecular formula is C24H29N5O3S. The van der Waals surface area contributed by atoms with Crippen LogP contribution in [0.2, 0.25) is 0 Å². The number of para-hydroxylation sites is 1. The molecule has 1 aliphatic rings. The number of aromatic nitrogens is 3. The van der Waals surface area contributed by atoms with Gasteiger partial charge in [0.1, 0.15) is 0 Å². The summed E-state index contributed by atoms with van der Waals surface area (Å²) in [6, 6.07) is 9.81. The summed E-state index contributed by atoms with van der Waals surface area (Å²) in [6.07, 6.45) is 2.83. The second kappa shape index (κ2) is 9.12. The highest BCUT2D eigenvalue weighted by Crippen LogP contribution is 2.27. The van der Waals surface area contributed by atoms with Crippen LogP contribution in [0.25, 0.3) is 10.9 Å². The van der Waals surface area contributed by atoms with Gasteiger partial charge in [-0.05, 0) is 33.4 Å². The first-order valence-electron chi connectivity index (χ1n) is 11.1. The molecule has 1 unspecified atom stereocenters. The highest BCUT2D eigenvalue weighted by atomic mass is 32.2. The lowest BCUT2D eigenvalue weighted by Gasteiger charge is -2.17. The third-order valence-corrected chi connectivity index (χ3v) is 8.17. The number of ketones is 1. The van der Waals surface area contributed by atoms with Crippen molar-refractivity contribution in [1.29, 1.82) is 5.26 Å². The van der Waals surface area contributed by atoms with Crippen molar-refractivity contribution in [3.8, 4) is 6.07 Å². The largest absolute Gasteiger partial charge is 0.346 e. The number of aryl methyl sites for hydroxylation is 2. The van der Waals surface area contributed by atoms with Gasteiger partial charge in [-0.25, -0.2) is 8.42 Å². The number of benzene rings is 1. The molecule has 0 spiro atoms. The van der Waals surface area contributed by atoms with Crippen LogP contribution in [0.4, 0.5) is 0 Å². The Morgan fingerprint density at radius 1 is 1.30 bits per heavy atom. The molecule has 1 aromatic carbocycles. The fraction of sp³-hybridized carbons (Fsp3) is 0.458. The zero-order chi connectivity index (χ0) is 23.8. The van der Waals surface area contributed by atoms with Gasteiger partial charge in [-0.3, -0.25) is 14.4 Å². The molecule has 1 saturated heterocycles. The number of hydrogen-bond donors (Lipinski definition) is 0. The molecule has 3 heterocycles. The molecule has 0 amide bonds. The number of likely N-dealkylation sites (N-methyl/N-ethyl adjacent to an activating group) is 1. The number of fused-ring (bicyclic) bond motifs is 1. The molecule has 174 valence electrons. The van der Waals surface area contributed by atoms with E-state index in [1.807, 2.05) is 65.5 Å². The van der Waals surface area contributed by atoms with E-state index in [4.69, 9.17) is 5.26 Å². The summed E-state index contributed by atoms with van der Waals surface area (Å²) in [5, 5.41) is 14.5. The number of nitrogens with zero attached hydrogens (tertiary/aromatic N) is 5. The zero-order valence-electron chi connectivity index (χ0n) is 19.3. The van der Waals surface area contributed by atoms with Crippen molar-refractivity contribution >= 4 is 26.5 Å². The Morgan fingerprint density at radius 3 is 2.76 bits per heavy atom. The van der Waals surface area contributed by atoms with Crippen molar-refractivity contribution in [3.63, 3.8) is 0 Å². The monoisotopic (exact) mass is 467 g/mol. The van der Waals surface area contributed by atoms with Crippen LogP contribution in [0.3, 0.4) is 0 Å². The standard InChI is InChI=1S/C24H29N5O3S/c1-17-21(18(2)29(26-17)19-9-12-33(31,32)16-19)13-27(3)15-24(30)22-14-28(11-6-10-25)23-8-5-4-7-20(22)23/h4-5,7-8,14,19H,6,9,11-13,15-16H2,1-3H3. The molecule has 3 aromatic rings. The Kier molecular flexibility index (Phi) is 6.41. The van der Waals surface area contributed by atoms with Gasteiger partial charge in [-0.15, -0.1) is 0 Å². The Morgan fingerprint density at radius 2 is 2.06 bits per heavy atom. The van der Waals surface area contributed by atoms with E-state index in [1.54, 1.807) is 0 Å². The van der Waals surface area contributed by atoms with Crippen molar-refractivity contribution in [2.24, 2.45) is 0 Å². The fourth-order valence-electron chi connectivity index (χ4n) is 4.73. The fourth-order valence-corrected chi connectivity index (χ4v) is 6.42. The van der Waals surface area contributed by atoms with E-state index >= 15 is 0 Å². The van der Waals surface area contributed by atoms with E-state index < -0.39 is 9.84 Å². The normalized spacial score (nSPS) is 17.6. The summed E-state index contributed by atoms with van der Waals surface area (Å²) < 4.78 is 27.6. The molecule has 9 heteroatoms. The van der Waals surface area contributed by atoms with Gasteiger partial charge in [-0.1, -0.05) is 18.2 Å². The summed E-state index contributed by atoms with van der Waals surface area (Å²) in [6.45, 7) is 5.25. The first-order chi connectivity index (χ1) is 15.7. The molecule has 1 atom stereocenters. The zero-order valence-corrected chi connectivity index (χ0v) is 20.1. The van der Waals surface area contributed by atoms with Crippen LogP contribution >= 0.6 is 0 Å². The van der Waals surface area contributed by atoms with E-state index in [-0.39, 0.29) is 29.9 Å². The van der Waals surface area contributed by atoms with E-state index in [2.05, 4.69) is 11.2 Å². The number of Topliss-reactive ketones (excluding diaryl/α,β-unsaturated/α-hetero) is 1. The predicted octanol–water partition coefficient (Wildman–Crippen LogP) is 3.04. The smallest absolute Gasteiger partial charge is 0.178 e. The van der Waals surface area contributed by atoms with Crippen LogP contribution in [0, 0.1) is 25.2 Å². The minimum atomic E-state index is -2.99. The van der Waals surface area contributed by atoms with Crippen LogP contribution in [-0.2, 0) is 22.9 Å². The molecule has 1 fully saturated rings. The molecular weight excluding hydrogens is 438 g/mol. The van der Waals surface area contributed by atoms with Gasteiger partial charge in [0.15, 0.2) is 15.6 Å². The van der Waals surface area contributed by atoms with Crippen LogP contribution in [0.15, 0.2) is 30.5 Å². The van der Waals surface area contributed by atoms with Crippen molar-refractivity contribution in [2.75, 3.05) is 25.1 Å². The SMILES string of the molecule is Cc1nn(C2CCS(=O)(=O)C2)c(C)c1CN(C)CC(=O)c1cn(CCC#N)c2ccccc12. The number of rotatable bonds is 8. The summed E-state index contributed by atoms with van der Waals surface area (Å²) in [7, 11) is -1.09. The van der Waals surface area contributed by atoms with Crippen molar-refractivity contribution in [3.05, 3.63) is 53.0 Å². The van der Waals surface area contributed by atoms with Crippen molar-refractivity contribution < 1.29 is 13.2 Å². The topological polar surface area (TPSA) is 101 Å². The molecule has 0 aliphatic carbocycles. The van der Waals surface area contributed by atoms with Gasteiger partial charge >= 0.3 is 0 Å². The molecule has 2 aromatic heterocycles. The predicted molar refractivity (Wildman–Crippen MR) is 127 cm³/mol. The highest BCUT2D eigenvalue weighted by molar-refractivity contribution is 7.91. The minimum Gasteiger partial charge on any atom is -0.346 e. The van der Waals surface area contributed by atoms with Crippen LogP contribution in [0.5, 0.6) is 0 Å². The Hall–Kier alpha value is -2.96. The van der Waals surface area contributed by atoms with Crippen LogP contribution in [0.1, 0.15) is 46.2 Å². The molecule has 33 heavy (non-hydrogen) atoms. The molecule has 0 radical (unpaired) electrons. The number of carbonyl (C=O) groups is 1. The highest BCUT2D eigenvalue weighted by Gasteiger charge is 2.31. The second-order valence-corrected chi connectivity index (χ2v) is 11.1. The van der Waals surface area contributed by atoms with Gasteiger partial charge < -0.3 is 4.57 Å². The third-order valence-electron chi connectivity index (χ3n) is 6.42. The first kappa shape index (κ1) is 23.2. The van der Waals surface area contributed by atoms with Crippen LogP contribution < -0.4 is 0 Å². The van der Waals surface area contributed by atoms with Crippen molar-refractivity contribution in [1.82, 2.24) is 19.2 Å². The van der Waals surface area contributed by atoms with Gasteiger partial charge in [0.05, 0.1) is 42.3 Å². The Bertz CT molecular complexity index is 1350. The summed E-state index contributed by atoms with van der Waals surface area (Å²) in [5.74, 6) is 0.370. The van der Waals surface area contributed by atoms with Crippen molar-refractivity contribution in [2.45, 2.75) is 45.8 Å². The second-order valence-electron chi connectivity index (χ2n) is 8.91. The summed E-state index contributed by atoms with van der Waals surface area (Å²) >= 11 is 0. The summed E-state index contributed by atoms with van der Waals surface area (Å²) in [4.78, 5) is 15.2. The Labute approximate surface area is 194 Å². The van der Waals surface area contributed by atoms with Gasteiger partial charge in [0, 0.05) is 47.0 Å². The van der Waals surface area contributed by atoms with E-state index in [0.29, 0.717) is 31.5 Å². The van der Waals surface area contributed by atoms with E-state index in [1.165, 1.54) is 0 Å². The number of hydrogen-bond acceptors (Lipinski definition) is 6. The van der Waals surface area contributed by atoms with E-state index in [0.717, 1.165) is 27.9 Å². The maximum absolute atomic E-state index is 13.2. The van der Waals surface area contributed by atoms with Gasteiger partial charge in [0.2, 0.25) is 0 Å². The maximum Gasteiger partial charge on any atom is 0.178 e. The average Bonchev–Trinajstić information content (AvgIpc) is 3.41. The molecule has 4 rings (SSSR count). The molecule has 0 N–H and O–H groups in total. The molecule has 8 nitrogen and oxygen atoms in total. The number of carbonyl (C=O) groups excluding carboxylic acids is 1. The third kappa shape index (κ3) is 4.72. The van der Waals surface area contributed by atoms with Gasteiger partial charge in [0.25, 0.3) is 0 Å². The first-order valence-corrected chi connectivity index (χ1v) is 12.9. The average molecular weight is 468 g/mol. The van der Waals surface area contributed by atoms with E-state index in [9.17, 15) is 13.2 Å². The lowest BCUT2D eigenvalue weighted by molar-refractivity contribution is 0.0944. The lowest BCUT2D eigenvalue weighted by atomic mass is 10.1. The molecule has 1 aliphatic heterocycles. The minimum absolute atomic E-state index is 0.0222. The maximum atomic E-state index is 13.2. The van der Waals surface area contributed by atoms with Crippen LogP contribution in [-0.4, -0.2) is 58.5 Å².